The van der Waals surface area contributed by atoms with Gasteiger partial charge in [-0.3, -0.25) is 9.69 Å². The van der Waals surface area contributed by atoms with Gasteiger partial charge in [-0.1, -0.05) is 24.3 Å². The van der Waals surface area contributed by atoms with Gasteiger partial charge in [-0.05, 0) is 57.5 Å². The van der Waals surface area contributed by atoms with Gasteiger partial charge in [0.05, 0.1) is 6.10 Å². The molecule has 2 aromatic carbocycles. The van der Waals surface area contributed by atoms with Crippen LogP contribution < -0.4 is 9.47 Å². The molecule has 0 aromatic heterocycles. The van der Waals surface area contributed by atoms with E-state index in [2.05, 4.69) is 18.7 Å². The van der Waals surface area contributed by atoms with Crippen molar-refractivity contribution in [1.29, 1.82) is 0 Å². The standard InChI is InChI=1S/C24H31FN2O3/c1-17(2)30-23-8-6-5-7-22(23)29-16-24(28)27-14-18(3)26(13-19(27)4)15-20-9-11-21(25)12-10-20/h5-12,17-19H,13-16H2,1-4H3. The van der Waals surface area contributed by atoms with E-state index >= 15 is 0 Å². The average Bonchev–Trinajstić information content (AvgIpc) is 2.71. The van der Waals surface area contributed by atoms with Crippen molar-refractivity contribution in [3.8, 4) is 11.5 Å². The minimum atomic E-state index is -0.226. The number of ether oxygens (including phenoxy) is 2. The van der Waals surface area contributed by atoms with Crippen molar-refractivity contribution in [3.63, 3.8) is 0 Å². The summed E-state index contributed by atoms with van der Waals surface area (Å²) in [5.41, 5.74) is 1.07. The molecule has 0 spiro atoms. The number of halogens is 1. The minimum Gasteiger partial charge on any atom is -0.487 e. The zero-order chi connectivity index (χ0) is 21.7. The van der Waals surface area contributed by atoms with Gasteiger partial charge >= 0.3 is 0 Å². The Labute approximate surface area is 178 Å². The number of piperazine rings is 1. The molecule has 1 fully saturated rings. The fraction of sp³-hybridized carbons (Fsp3) is 0.458. The predicted octanol–water partition coefficient (Wildman–Crippen LogP) is 4.11. The van der Waals surface area contributed by atoms with E-state index in [0.717, 1.165) is 18.7 Å². The molecule has 1 aliphatic heterocycles. The molecule has 1 saturated heterocycles. The minimum absolute atomic E-state index is 0.0203. The number of para-hydroxylation sites is 2. The number of hydrogen-bond acceptors (Lipinski definition) is 4. The van der Waals surface area contributed by atoms with Crippen LogP contribution in [-0.2, 0) is 11.3 Å². The second-order valence-corrected chi connectivity index (χ2v) is 8.20. The Morgan fingerprint density at radius 2 is 1.70 bits per heavy atom. The van der Waals surface area contributed by atoms with E-state index in [1.54, 1.807) is 0 Å². The molecule has 2 aromatic rings. The first-order valence-electron chi connectivity index (χ1n) is 10.5. The second kappa shape index (κ2) is 9.94. The first kappa shape index (κ1) is 22.1. The molecule has 2 atom stereocenters. The Bertz CT molecular complexity index is 841. The van der Waals surface area contributed by atoms with Gasteiger partial charge in [0.2, 0.25) is 0 Å². The zero-order valence-electron chi connectivity index (χ0n) is 18.2. The smallest absolute Gasteiger partial charge is 0.260 e. The van der Waals surface area contributed by atoms with Crippen LogP contribution in [0.4, 0.5) is 4.39 Å². The predicted molar refractivity (Wildman–Crippen MR) is 115 cm³/mol. The van der Waals surface area contributed by atoms with Crippen LogP contribution in [0.5, 0.6) is 11.5 Å². The highest BCUT2D eigenvalue weighted by Crippen LogP contribution is 2.27. The van der Waals surface area contributed by atoms with E-state index in [4.69, 9.17) is 9.47 Å². The molecule has 1 amide bonds. The summed E-state index contributed by atoms with van der Waals surface area (Å²) >= 11 is 0. The molecule has 0 saturated carbocycles. The first-order valence-corrected chi connectivity index (χ1v) is 10.5. The molecule has 0 N–H and O–H groups in total. The van der Waals surface area contributed by atoms with Crippen molar-refractivity contribution < 1.29 is 18.7 Å². The monoisotopic (exact) mass is 414 g/mol. The molecule has 0 aliphatic carbocycles. The van der Waals surface area contributed by atoms with Crippen LogP contribution in [0.25, 0.3) is 0 Å². The van der Waals surface area contributed by atoms with Gasteiger partial charge in [0.25, 0.3) is 5.91 Å². The number of benzene rings is 2. The van der Waals surface area contributed by atoms with Crippen molar-refractivity contribution >= 4 is 5.91 Å². The van der Waals surface area contributed by atoms with Gasteiger partial charge in [0.1, 0.15) is 5.82 Å². The van der Waals surface area contributed by atoms with Gasteiger partial charge < -0.3 is 14.4 Å². The third-order valence-corrected chi connectivity index (χ3v) is 5.30. The van der Waals surface area contributed by atoms with E-state index < -0.39 is 0 Å². The lowest BCUT2D eigenvalue weighted by Crippen LogP contribution is -2.58. The maximum atomic E-state index is 13.1. The second-order valence-electron chi connectivity index (χ2n) is 8.20. The van der Waals surface area contributed by atoms with E-state index in [1.807, 2.05) is 55.1 Å². The number of rotatable bonds is 7. The summed E-state index contributed by atoms with van der Waals surface area (Å²) in [5.74, 6) is 0.965. The van der Waals surface area contributed by atoms with E-state index in [0.29, 0.717) is 18.0 Å². The lowest BCUT2D eigenvalue weighted by atomic mass is 10.1. The topological polar surface area (TPSA) is 42.0 Å². The van der Waals surface area contributed by atoms with Crippen molar-refractivity contribution in [2.24, 2.45) is 0 Å². The Morgan fingerprint density at radius 1 is 1.03 bits per heavy atom. The highest BCUT2D eigenvalue weighted by atomic mass is 19.1. The Kier molecular flexibility index (Phi) is 7.32. The van der Waals surface area contributed by atoms with Crippen LogP contribution in [0.2, 0.25) is 0 Å². The Hall–Kier alpha value is -2.60. The third-order valence-electron chi connectivity index (χ3n) is 5.30. The lowest BCUT2D eigenvalue weighted by Gasteiger charge is -2.44. The molecule has 5 nitrogen and oxygen atoms in total. The highest BCUT2D eigenvalue weighted by molar-refractivity contribution is 5.78. The molecule has 30 heavy (non-hydrogen) atoms. The maximum Gasteiger partial charge on any atom is 0.260 e. The van der Waals surface area contributed by atoms with E-state index in [9.17, 15) is 9.18 Å². The van der Waals surface area contributed by atoms with Crippen LogP contribution in [0.1, 0.15) is 33.3 Å². The van der Waals surface area contributed by atoms with Crippen molar-refractivity contribution in [3.05, 3.63) is 59.9 Å². The molecule has 0 radical (unpaired) electrons. The number of carbonyl (C=O) groups is 1. The molecular formula is C24H31FN2O3. The summed E-state index contributed by atoms with van der Waals surface area (Å²) in [7, 11) is 0. The van der Waals surface area contributed by atoms with Gasteiger partial charge in [-0.2, -0.15) is 0 Å². The lowest BCUT2D eigenvalue weighted by molar-refractivity contribution is -0.139. The maximum absolute atomic E-state index is 13.1. The molecule has 2 unspecified atom stereocenters. The third kappa shape index (κ3) is 5.72. The van der Waals surface area contributed by atoms with Crippen LogP contribution in [-0.4, -0.2) is 53.6 Å². The Balaban J connectivity index is 1.57. The van der Waals surface area contributed by atoms with Crippen LogP contribution in [0.3, 0.4) is 0 Å². The van der Waals surface area contributed by atoms with Crippen molar-refractivity contribution in [1.82, 2.24) is 9.80 Å². The summed E-state index contributed by atoms with van der Waals surface area (Å²) in [4.78, 5) is 17.1. The highest BCUT2D eigenvalue weighted by Gasteiger charge is 2.32. The summed E-state index contributed by atoms with van der Waals surface area (Å²) in [6, 6.07) is 14.3. The quantitative estimate of drug-likeness (QED) is 0.684. The fourth-order valence-electron chi connectivity index (χ4n) is 3.73. The van der Waals surface area contributed by atoms with Crippen LogP contribution >= 0.6 is 0 Å². The summed E-state index contributed by atoms with van der Waals surface area (Å²) in [6.45, 7) is 10.2. The molecule has 6 heteroatoms. The Morgan fingerprint density at radius 3 is 2.37 bits per heavy atom. The SMILES string of the molecule is CC(C)Oc1ccccc1OCC(=O)N1CC(C)N(Cc2ccc(F)cc2)CC1C. The zero-order valence-corrected chi connectivity index (χ0v) is 18.2. The van der Waals surface area contributed by atoms with E-state index in [-0.39, 0.29) is 36.5 Å². The summed E-state index contributed by atoms with van der Waals surface area (Å²) < 4.78 is 24.7. The van der Waals surface area contributed by atoms with Crippen LogP contribution in [0.15, 0.2) is 48.5 Å². The number of carbonyl (C=O) groups excluding carboxylic acids is 1. The van der Waals surface area contributed by atoms with Gasteiger partial charge in [-0.25, -0.2) is 4.39 Å². The van der Waals surface area contributed by atoms with Crippen molar-refractivity contribution in [2.75, 3.05) is 19.7 Å². The van der Waals surface area contributed by atoms with Crippen LogP contribution in [0, 0.1) is 5.82 Å². The van der Waals surface area contributed by atoms with Crippen molar-refractivity contribution in [2.45, 2.75) is 52.4 Å². The fourth-order valence-corrected chi connectivity index (χ4v) is 3.73. The summed E-state index contributed by atoms with van der Waals surface area (Å²) in [5, 5.41) is 0. The molecule has 162 valence electrons. The molecule has 0 bridgehead atoms. The first-order chi connectivity index (χ1) is 14.3. The number of hydrogen-bond donors (Lipinski definition) is 0. The normalized spacial score (nSPS) is 19.7. The number of nitrogens with zero attached hydrogens (tertiary/aromatic N) is 2. The summed E-state index contributed by atoms with van der Waals surface area (Å²) in [6.07, 6.45) is 0.0282. The molecular weight excluding hydrogens is 383 g/mol. The largest absolute Gasteiger partial charge is 0.487 e. The van der Waals surface area contributed by atoms with Gasteiger partial charge in [0.15, 0.2) is 18.1 Å². The van der Waals surface area contributed by atoms with Gasteiger partial charge in [0, 0.05) is 31.7 Å². The molecule has 1 aliphatic rings. The van der Waals surface area contributed by atoms with E-state index in [1.165, 1.54) is 12.1 Å². The van der Waals surface area contributed by atoms with Gasteiger partial charge in [-0.15, -0.1) is 0 Å². The average molecular weight is 415 g/mol. The molecule has 1 heterocycles. The number of amides is 1. The molecule has 3 rings (SSSR count).